The lowest BCUT2D eigenvalue weighted by atomic mass is 9.85. The fourth-order valence-corrected chi connectivity index (χ4v) is 9.80. The van der Waals surface area contributed by atoms with E-state index >= 15 is 0 Å². The number of hydrogen-bond acceptors (Lipinski definition) is 4. The quantitative estimate of drug-likeness (QED) is 0.163. The Morgan fingerprint density at radius 1 is 0.258 bits per heavy atom. The van der Waals surface area contributed by atoms with Gasteiger partial charge in [-0.2, -0.15) is 0 Å². The van der Waals surface area contributed by atoms with Gasteiger partial charge >= 0.3 is 0 Å². The lowest BCUT2D eigenvalue weighted by molar-refractivity contribution is 1.07. The Morgan fingerprint density at radius 3 is 1.42 bits per heavy atom. The van der Waals surface area contributed by atoms with E-state index in [1.807, 2.05) is 54.7 Å². The van der Waals surface area contributed by atoms with Gasteiger partial charge in [-0.3, -0.25) is 4.98 Å². The third-order valence-corrected chi connectivity index (χ3v) is 12.6. The minimum atomic E-state index is 0.582. The maximum atomic E-state index is 5.11. The van der Waals surface area contributed by atoms with Crippen LogP contribution < -0.4 is 0 Å². The van der Waals surface area contributed by atoms with Crippen LogP contribution in [-0.4, -0.2) is 19.9 Å². The van der Waals surface area contributed by atoms with Crippen molar-refractivity contribution in [2.45, 2.75) is 0 Å². The van der Waals surface area contributed by atoms with Crippen molar-refractivity contribution in [3.05, 3.63) is 206 Å². The molecule has 13 rings (SSSR count). The van der Waals surface area contributed by atoms with Crippen LogP contribution in [0.5, 0.6) is 0 Å². The highest BCUT2D eigenvalue weighted by Crippen LogP contribution is 2.45. The lowest BCUT2D eigenvalue weighted by Gasteiger charge is -2.18. The van der Waals surface area contributed by atoms with Gasteiger partial charge in [-0.05, 0) is 117 Å². The molecule has 4 heteroatoms. The van der Waals surface area contributed by atoms with Gasteiger partial charge in [0.2, 0.25) is 0 Å². The van der Waals surface area contributed by atoms with E-state index in [4.69, 9.17) is 19.9 Å². The average molecular weight is 787 g/mol. The topological polar surface area (TPSA) is 51.6 Å². The van der Waals surface area contributed by atoms with Gasteiger partial charge in [0.1, 0.15) is 0 Å². The molecule has 0 saturated carbocycles. The minimum Gasteiger partial charge on any atom is -0.255 e. The summed E-state index contributed by atoms with van der Waals surface area (Å²) in [7, 11) is 0. The van der Waals surface area contributed by atoms with Gasteiger partial charge in [0, 0.05) is 28.3 Å². The largest absolute Gasteiger partial charge is 0.255 e. The van der Waals surface area contributed by atoms with Crippen LogP contribution in [0.3, 0.4) is 0 Å². The SMILES string of the molecule is c1ccc(-c2nc(-c3cccc(-c4ccccc4-c4cc5ccc6cccc7c8cccc9ccc%10cccc(c(c4)c5c67)c%10c98)c3)nc(-c3cnc4ccccc4c3)n2)cc1. The lowest BCUT2D eigenvalue weighted by Crippen LogP contribution is -2.00. The highest BCUT2D eigenvalue weighted by atomic mass is 15.0. The van der Waals surface area contributed by atoms with E-state index in [2.05, 4.69) is 152 Å². The molecule has 0 unspecified atom stereocenters. The van der Waals surface area contributed by atoms with Crippen LogP contribution in [-0.2, 0) is 0 Å². The molecular formula is C58H34N4. The number of pyridine rings is 1. The van der Waals surface area contributed by atoms with Crippen molar-refractivity contribution in [3.8, 4) is 56.4 Å². The van der Waals surface area contributed by atoms with Gasteiger partial charge in [0.05, 0.1) is 5.52 Å². The van der Waals surface area contributed by atoms with Crippen molar-refractivity contribution in [2.24, 2.45) is 0 Å². The van der Waals surface area contributed by atoms with Crippen LogP contribution in [0.1, 0.15) is 0 Å². The second-order valence-corrected chi connectivity index (χ2v) is 16.2. The molecular weight excluding hydrogens is 753 g/mol. The Hall–Kier alpha value is -8.34. The molecule has 0 bridgehead atoms. The number of aromatic nitrogens is 4. The summed E-state index contributed by atoms with van der Waals surface area (Å²) in [5.41, 5.74) is 8.15. The van der Waals surface area contributed by atoms with Gasteiger partial charge in [-0.15, -0.1) is 0 Å². The molecule has 0 aliphatic heterocycles. The van der Waals surface area contributed by atoms with Crippen molar-refractivity contribution >= 4 is 75.5 Å². The van der Waals surface area contributed by atoms with Crippen LogP contribution >= 0.6 is 0 Å². The number of hydrogen-bond donors (Lipinski definition) is 0. The first-order chi connectivity index (χ1) is 30.7. The summed E-state index contributed by atoms with van der Waals surface area (Å²) in [4.78, 5) is 19.9. The number of fused-ring (bicyclic) bond motifs is 3. The molecule has 2 heterocycles. The molecule has 0 amide bonds. The fraction of sp³-hybridized carbons (Fsp3) is 0. The number of nitrogens with zero attached hydrogens (tertiary/aromatic N) is 4. The number of rotatable bonds is 5. The molecule has 13 aromatic rings. The normalized spacial score (nSPS) is 11.9. The van der Waals surface area contributed by atoms with Crippen LogP contribution in [0.4, 0.5) is 0 Å². The summed E-state index contributed by atoms with van der Waals surface area (Å²) in [6, 6.07) is 72.0. The van der Waals surface area contributed by atoms with Gasteiger partial charge in [-0.25, -0.2) is 15.0 Å². The molecule has 0 fully saturated rings. The van der Waals surface area contributed by atoms with E-state index in [0.717, 1.165) is 44.3 Å². The first-order valence-electron chi connectivity index (χ1n) is 21.0. The third-order valence-electron chi connectivity index (χ3n) is 12.6. The zero-order chi connectivity index (χ0) is 40.7. The van der Waals surface area contributed by atoms with Crippen LogP contribution in [0.15, 0.2) is 206 Å². The summed E-state index contributed by atoms with van der Waals surface area (Å²) in [5, 5.41) is 16.3. The molecule has 286 valence electrons. The molecule has 0 radical (unpaired) electrons. The van der Waals surface area contributed by atoms with Crippen molar-refractivity contribution in [1.29, 1.82) is 0 Å². The smallest absolute Gasteiger partial charge is 0.165 e. The van der Waals surface area contributed by atoms with E-state index in [0.29, 0.717) is 17.5 Å². The maximum absolute atomic E-state index is 5.11. The Balaban J connectivity index is 1.02. The van der Waals surface area contributed by atoms with Crippen LogP contribution in [0.2, 0.25) is 0 Å². The van der Waals surface area contributed by atoms with Gasteiger partial charge < -0.3 is 0 Å². The summed E-state index contributed by atoms with van der Waals surface area (Å²) in [6.45, 7) is 0. The zero-order valence-electron chi connectivity index (χ0n) is 33.4. The highest BCUT2D eigenvalue weighted by Gasteiger charge is 2.19. The van der Waals surface area contributed by atoms with Crippen molar-refractivity contribution in [2.75, 3.05) is 0 Å². The second kappa shape index (κ2) is 13.6. The summed E-state index contributed by atoms with van der Waals surface area (Å²) < 4.78 is 0. The molecule has 0 saturated heterocycles. The predicted molar refractivity (Wildman–Crippen MR) is 259 cm³/mol. The maximum Gasteiger partial charge on any atom is 0.165 e. The zero-order valence-corrected chi connectivity index (χ0v) is 33.4. The summed E-state index contributed by atoms with van der Waals surface area (Å²) >= 11 is 0. The van der Waals surface area contributed by atoms with Gasteiger partial charge in [0.25, 0.3) is 0 Å². The average Bonchev–Trinajstić information content (AvgIpc) is 3.35. The monoisotopic (exact) mass is 786 g/mol. The molecule has 0 aliphatic rings. The fourth-order valence-electron chi connectivity index (χ4n) is 9.80. The Morgan fingerprint density at radius 2 is 0.726 bits per heavy atom. The Kier molecular flexibility index (Phi) is 7.57. The third kappa shape index (κ3) is 5.40. The van der Waals surface area contributed by atoms with Crippen LogP contribution in [0, 0.1) is 0 Å². The number of para-hydroxylation sites is 1. The first-order valence-corrected chi connectivity index (χ1v) is 21.0. The Labute approximate surface area is 356 Å². The summed E-state index contributed by atoms with van der Waals surface area (Å²) in [5.74, 6) is 1.80. The van der Waals surface area contributed by atoms with Crippen LogP contribution in [0.25, 0.3) is 132 Å². The van der Waals surface area contributed by atoms with E-state index in [-0.39, 0.29) is 0 Å². The molecule has 62 heavy (non-hydrogen) atoms. The van der Waals surface area contributed by atoms with E-state index in [1.54, 1.807) is 0 Å². The van der Waals surface area contributed by atoms with Gasteiger partial charge in [0.15, 0.2) is 17.5 Å². The molecule has 4 nitrogen and oxygen atoms in total. The molecule has 2 aromatic heterocycles. The first kappa shape index (κ1) is 34.5. The van der Waals surface area contributed by atoms with E-state index in [9.17, 15) is 0 Å². The molecule has 0 spiro atoms. The second-order valence-electron chi connectivity index (χ2n) is 16.2. The van der Waals surface area contributed by atoms with Crippen molar-refractivity contribution < 1.29 is 0 Å². The van der Waals surface area contributed by atoms with Crippen molar-refractivity contribution in [3.63, 3.8) is 0 Å². The standard InChI is InChI=1S/C58H34N4/c1-2-12-38(13-3-1)56-60-57(62-58(61-56)44-31-40-14-4-7-25-51(40)59-34-44)42-19-8-18-39(30-42)45-20-5-6-21-46(45)43-32-41-29-28-37-16-10-23-48-47-22-9-15-35-26-27-36-17-11-24-49(54(36)52(35)47)50(33-43)55(41)53(37)48/h1-34H. The minimum absolute atomic E-state index is 0.582. The van der Waals surface area contributed by atoms with Gasteiger partial charge in [-0.1, -0.05) is 170 Å². The number of benzene rings is 10. The molecule has 0 N–H and O–H groups in total. The van der Waals surface area contributed by atoms with E-state index < -0.39 is 0 Å². The van der Waals surface area contributed by atoms with E-state index in [1.165, 1.54) is 70.2 Å². The summed E-state index contributed by atoms with van der Waals surface area (Å²) in [6.07, 6.45) is 1.85. The highest BCUT2D eigenvalue weighted by molar-refractivity contribution is 6.37. The Bertz CT molecular complexity index is 3920. The van der Waals surface area contributed by atoms with Crippen molar-refractivity contribution in [1.82, 2.24) is 19.9 Å². The molecule has 0 aliphatic carbocycles. The molecule has 0 atom stereocenters. The predicted octanol–water partition coefficient (Wildman–Crippen LogP) is 15.1. The molecule has 11 aromatic carbocycles.